The second kappa shape index (κ2) is 13.5. The number of carbonyl (C=O) groups is 2. The highest BCUT2D eigenvalue weighted by Crippen LogP contribution is 2.46. The van der Waals surface area contributed by atoms with Crippen LogP contribution in [0.15, 0.2) is 77.7 Å². The number of fused-ring (bicyclic) bond motifs is 1. The van der Waals surface area contributed by atoms with Gasteiger partial charge in [-0.15, -0.1) is 11.8 Å². The van der Waals surface area contributed by atoms with Crippen molar-refractivity contribution in [1.82, 2.24) is 5.32 Å². The lowest BCUT2D eigenvalue weighted by Gasteiger charge is -2.27. The number of hydrogen-bond acceptors (Lipinski definition) is 7. The SMILES string of the molecule is COc1ccc(C2Sc3ccccc3N(CCNCCCc3cccc(N(C)C)c3)C(=O)C2OC(C)=O)cc1. The van der Waals surface area contributed by atoms with Gasteiger partial charge in [-0.1, -0.05) is 36.4 Å². The Kier molecular flexibility index (Phi) is 9.90. The van der Waals surface area contributed by atoms with Crippen molar-refractivity contribution in [3.05, 3.63) is 83.9 Å². The second-order valence-corrected chi connectivity index (χ2v) is 10.9. The third-order valence-corrected chi connectivity index (χ3v) is 8.06. The van der Waals surface area contributed by atoms with Crippen LogP contribution in [-0.4, -0.2) is 58.8 Å². The van der Waals surface area contributed by atoms with E-state index in [1.54, 1.807) is 23.8 Å². The molecule has 1 amide bonds. The second-order valence-electron chi connectivity index (χ2n) is 9.72. The van der Waals surface area contributed by atoms with E-state index in [1.165, 1.54) is 18.2 Å². The molecule has 206 valence electrons. The molecule has 8 heteroatoms. The van der Waals surface area contributed by atoms with Gasteiger partial charge in [-0.2, -0.15) is 0 Å². The van der Waals surface area contributed by atoms with Crippen LogP contribution in [0.3, 0.4) is 0 Å². The van der Waals surface area contributed by atoms with Crippen LogP contribution in [0.25, 0.3) is 0 Å². The van der Waals surface area contributed by atoms with Gasteiger partial charge < -0.3 is 24.6 Å². The number of thioether (sulfide) groups is 1. The number of methoxy groups -OCH3 is 1. The van der Waals surface area contributed by atoms with Gasteiger partial charge in [0.2, 0.25) is 0 Å². The van der Waals surface area contributed by atoms with Crippen molar-refractivity contribution in [2.45, 2.75) is 36.0 Å². The third-order valence-electron chi connectivity index (χ3n) is 6.69. The summed E-state index contributed by atoms with van der Waals surface area (Å²) in [6.45, 7) is 3.29. The van der Waals surface area contributed by atoms with E-state index in [4.69, 9.17) is 9.47 Å². The number of para-hydroxylation sites is 1. The molecule has 2 unspecified atom stereocenters. The lowest BCUT2D eigenvalue weighted by atomic mass is 10.1. The average molecular weight is 548 g/mol. The molecule has 0 saturated heterocycles. The zero-order valence-corrected chi connectivity index (χ0v) is 23.9. The highest BCUT2D eigenvalue weighted by atomic mass is 32.2. The van der Waals surface area contributed by atoms with Crippen molar-refractivity contribution in [2.75, 3.05) is 50.6 Å². The van der Waals surface area contributed by atoms with Crippen molar-refractivity contribution < 1.29 is 19.1 Å². The first-order valence-electron chi connectivity index (χ1n) is 13.2. The van der Waals surface area contributed by atoms with Crippen LogP contribution in [0.4, 0.5) is 11.4 Å². The molecule has 7 nitrogen and oxygen atoms in total. The lowest BCUT2D eigenvalue weighted by molar-refractivity contribution is -0.152. The smallest absolute Gasteiger partial charge is 0.303 e. The summed E-state index contributed by atoms with van der Waals surface area (Å²) >= 11 is 1.55. The van der Waals surface area contributed by atoms with Gasteiger partial charge in [-0.25, -0.2) is 0 Å². The van der Waals surface area contributed by atoms with Gasteiger partial charge in [0.1, 0.15) is 5.75 Å². The molecule has 4 rings (SSSR count). The predicted octanol–water partition coefficient (Wildman–Crippen LogP) is 5.10. The number of rotatable bonds is 11. The molecule has 3 aromatic rings. The minimum Gasteiger partial charge on any atom is -0.497 e. The van der Waals surface area contributed by atoms with Gasteiger partial charge in [0.05, 0.1) is 18.0 Å². The summed E-state index contributed by atoms with van der Waals surface area (Å²) in [4.78, 5) is 30.9. The van der Waals surface area contributed by atoms with E-state index in [0.717, 1.165) is 41.3 Å². The molecule has 2 atom stereocenters. The molecule has 1 aliphatic heterocycles. The van der Waals surface area contributed by atoms with Crippen LogP contribution in [0, 0.1) is 0 Å². The highest BCUT2D eigenvalue weighted by molar-refractivity contribution is 7.99. The molecule has 0 aromatic heterocycles. The van der Waals surface area contributed by atoms with E-state index >= 15 is 0 Å². The summed E-state index contributed by atoms with van der Waals surface area (Å²) in [6, 6.07) is 24.0. The number of amides is 1. The minimum atomic E-state index is -0.947. The van der Waals surface area contributed by atoms with Crippen molar-refractivity contribution >= 4 is 35.0 Å². The minimum absolute atomic E-state index is 0.217. The van der Waals surface area contributed by atoms with Crippen LogP contribution in [0.2, 0.25) is 0 Å². The van der Waals surface area contributed by atoms with E-state index in [2.05, 4.69) is 34.5 Å². The van der Waals surface area contributed by atoms with Gasteiger partial charge in [0.25, 0.3) is 5.91 Å². The number of aryl methyl sites for hydroxylation is 1. The number of nitrogens with one attached hydrogen (secondary N) is 1. The van der Waals surface area contributed by atoms with E-state index in [0.29, 0.717) is 13.1 Å². The molecule has 0 radical (unpaired) electrons. The first kappa shape index (κ1) is 28.5. The van der Waals surface area contributed by atoms with Crippen LogP contribution in [-0.2, 0) is 20.7 Å². The number of anilines is 2. The number of carbonyl (C=O) groups excluding carboxylic acids is 2. The number of ether oxygens (including phenoxy) is 2. The van der Waals surface area contributed by atoms with E-state index in [-0.39, 0.29) is 11.2 Å². The monoisotopic (exact) mass is 547 g/mol. The lowest BCUT2D eigenvalue weighted by Crippen LogP contribution is -2.45. The van der Waals surface area contributed by atoms with Crippen LogP contribution >= 0.6 is 11.8 Å². The molecule has 39 heavy (non-hydrogen) atoms. The Bertz CT molecular complexity index is 1260. The van der Waals surface area contributed by atoms with Crippen LogP contribution in [0.1, 0.15) is 29.7 Å². The first-order valence-corrected chi connectivity index (χ1v) is 14.1. The summed E-state index contributed by atoms with van der Waals surface area (Å²) in [7, 11) is 5.71. The summed E-state index contributed by atoms with van der Waals surface area (Å²) in [6.07, 6.45) is 1.03. The van der Waals surface area contributed by atoms with Crippen LogP contribution in [0.5, 0.6) is 5.75 Å². The molecule has 3 aromatic carbocycles. The Hall–Kier alpha value is -3.49. The predicted molar refractivity (Wildman–Crippen MR) is 158 cm³/mol. The molecule has 0 bridgehead atoms. The number of nitrogens with zero attached hydrogens (tertiary/aromatic N) is 2. The van der Waals surface area contributed by atoms with Crippen LogP contribution < -0.4 is 19.9 Å². The zero-order chi connectivity index (χ0) is 27.8. The molecule has 1 N–H and O–H groups in total. The maximum absolute atomic E-state index is 13.9. The zero-order valence-electron chi connectivity index (χ0n) is 23.1. The largest absolute Gasteiger partial charge is 0.497 e. The summed E-state index contributed by atoms with van der Waals surface area (Å²) in [5, 5.41) is 3.11. The fraction of sp³-hybridized carbons (Fsp3) is 0.355. The van der Waals surface area contributed by atoms with E-state index < -0.39 is 12.1 Å². The van der Waals surface area contributed by atoms with Gasteiger partial charge in [0.15, 0.2) is 6.10 Å². The van der Waals surface area contributed by atoms with Crippen molar-refractivity contribution in [2.24, 2.45) is 0 Å². The van der Waals surface area contributed by atoms with Crippen molar-refractivity contribution in [3.63, 3.8) is 0 Å². The fourth-order valence-electron chi connectivity index (χ4n) is 4.66. The number of esters is 1. The topological polar surface area (TPSA) is 71.1 Å². The fourth-order valence-corrected chi connectivity index (χ4v) is 5.98. The molecule has 1 heterocycles. The summed E-state index contributed by atoms with van der Waals surface area (Å²) in [5.41, 5.74) is 4.24. The molecule has 0 fully saturated rings. The Balaban J connectivity index is 1.45. The number of hydrogen-bond donors (Lipinski definition) is 1. The Morgan fingerprint density at radius 1 is 1.03 bits per heavy atom. The van der Waals surface area contributed by atoms with E-state index in [1.807, 2.05) is 62.6 Å². The highest BCUT2D eigenvalue weighted by Gasteiger charge is 2.40. The quantitative estimate of drug-likeness (QED) is 0.265. The van der Waals surface area contributed by atoms with E-state index in [9.17, 15) is 9.59 Å². The standard InChI is InChI=1S/C31H37N3O4S/c1-22(35)38-29-30(24-14-16-26(37-4)17-15-24)39-28-13-6-5-12-27(28)34(31(29)36)20-19-32-18-8-10-23-9-7-11-25(21-23)33(2)3/h5-7,9,11-17,21,29-30,32H,8,10,18-20H2,1-4H3. The molecule has 0 aliphatic carbocycles. The summed E-state index contributed by atoms with van der Waals surface area (Å²) < 4.78 is 11.0. The molecule has 0 saturated carbocycles. The van der Waals surface area contributed by atoms with Gasteiger partial charge in [-0.05, 0) is 66.9 Å². The van der Waals surface area contributed by atoms with Gasteiger partial charge in [0, 0.05) is 44.7 Å². The Morgan fingerprint density at radius 3 is 2.51 bits per heavy atom. The van der Waals surface area contributed by atoms with Crippen molar-refractivity contribution in [1.29, 1.82) is 0 Å². The third kappa shape index (κ3) is 7.34. The Morgan fingerprint density at radius 2 is 1.79 bits per heavy atom. The average Bonchev–Trinajstić information content (AvgIpc) is 3.05. The normalized spacial score (nSPS) is 16.8. The molecule has 0 spiro atoms. The van der Waals surface area contributed by atoms with Crippen molar-refractivity contribution in [3.8, 4) is 5.75 Å². The molecule has 1 aliphatic rings. The first-order chi connectivity index (χ1) is 18.9. The maximum Gasteiger partial charge on any atom is 0.303 e. The Labute approximate surface area is 235 Å². The molecular weight excluding hydrogens is 510 g/mol. The van der Waals surface area contributed by atoms with Gasteiger partial charge in [-0.3, -0.25) is 9.59 Å². The number of benzene rings is 3. The summed E-state index contributed by atoms with van der Waals surface area (Å²) in [5.74, 6) is 0.0341. The molecular formula is C31H37N3O4S. The maximum atomic E-state index is 13.9. The van der Waals surface area contributed by atoms with Gasteiger partial charge >= 0.3 is 5.97 Å².